The lowest BCUT2D eigenvalue weighted by atomic mass is 10.1. The number of aliphatic imine (C=N–C) groups is 1. The Labute approximate surface area is 156 Å². The van der Waals surface area contributed by atoms with Crippen LogP contribution >= 0.6 is 11.8 Å². The molecule has 0 aromatic carbocycles. The third kappa shape index (κ3) is 4.94. The van der Waals surface area contributed by atoms with Gasteiger partial charge in [0, 0.05) is 24.9 Å². The third-order valence-corrected chi connectivity index (χ3v) is 6.83. The summed E-state index contributed by atoms with van der Waals surface area (Å²) in [4.78, 5) is 6.93. The van der Waals surface area contributed by atoms with Gasteiger partial charge in [0.05, 0.1) is 6.04 Å². The van der Waals surface area contributed by atoms with Crippen LogP contribution < -0.4 is 10.6 Å². The average Bonchev–Trinajstić information content (AvgIpc) is 3.34. The molecule has 5 nitrogen and oxygen atoms in total. The molecule has 1 aromatic heterocycles. The van der Waals surface area contributed by atoms with Gasteiger partial charge in [0.25, 0.3) is 0 Å². The second-order valence-electron chi connectivity index (χ2n) is 7.42. The molecule has 2 aliphatic rings. The number of rotatable bonds is 6. The standard InChI is InChI=1S/C19H32N4OS/c1-15-7-8-17(24-15)16(23-10-4-5-11-23)13-21-18(20-3)22-14-19(2)9-6-12-25-19/h7-8,16H,4-6,9-14H2,1-3H3,(H2,20,21,22). The van der Waals surface area contributed by atoms with Crippen LogP contribution in [0.4, 0.5) is 0 Å². The highest BCUT2D eigenvalue weighted by Crippen LogP contribution is 2.36. The van der Waals surface area contributed by atoms with Crippen molar-refractivity contribution in [3.63, 3.8) is 0 Å². The second-order valence-corrected chi connectivity index (χ2v) is 9.10. The molecule has 0 amide bonds. The van der Waals surface area contributed by atoms with E-state index < -0.39 is 0 Å². The molecule has 2 saturated heterocycles. The van der Waals surface area contributed by atoms with Crippen molar-refractivity contribution in [1.82, 2.24) is 15.5 Å². The minimum Gasteiger partial charge on any atom is -0.465 e. The highest BCUT2D eigenvalue weighted by atomic mass is 32.2. The lowest BCUT2D eigenvalue weighted by Crippen LogP contribution is -2.46. The zero-order valence-corrected chi connectivity index (χ0v) is 16.6. The van der Waals surface area contributed by atoms with Crippen LogP contribution in [0, 0.1) is 6.92 Å². The first kappa shape index (κ1) is 18.6. The van der Waals surface area contributed by atoms with Crippen LogP contribution in [-0.2, 0) is 0 Å². The minimum absolute atomic E-state index is 0.270. The van der Waals surface area contributed by atoms with Gasteiger partial charge in [0.2, 0.25) is 0 Å². The first-order valence-electron chi connectivity index (χ1n) is 9.48. The number of nitrogens with zero attached hydrogens (tertiary/aromatic N) is 2. The molecule has 0 bridgehead atoms. The van der Waals surface area contributed by atoms with Gasteiger partial charge in [-0.05, 0) is 70.5 Å². The van der Waals surface area contributed by atoms with Crippen molar-refractivity contribution in [2.24, 2.45) is 4.99 Å². The molecule has 2 aliphatic heterocycles. The SMILES string of the molecule is CN=C(NCC(c1ccc(C)o1)N1CCCC1)NCC1(C)CCCS1. The number of thioether (sulfide) groups is 1. The van der Waals surface area contributed by atoms with Crippen LogP contribution in [-0.4, -0.2) is 54.6 Å². The Morgan fingerprint density at radius 1 is 1.32 bits per heavy atom. The highest BCUT2D eigenvalue weighted by molar-refractivity contribution is 8.00. The van der Waals surface area contributed by atoms with Crippen LogP contribution in [0.5, 0.6) is 0 Å². The number of aryl methyl sites for hydroxylation is 1. The number of likely N-dealkylation sites (tertiary alicyclic amines) is 1. The first-order chi connectivity index (χ1) is 12.1. The topological polar surface area (TPSA) is 52.8 Å². The Bertz CT molecular complexity index is 574. The van der Waals surface area contributed by atoms with Gasteiger partial charge in [-0.25, -0.2) is 0 Å². The van der Waals surface area contributed by atoms with Crippen molar-refractivity contribution in [3.05, 3.63) is 23.7 Å². The summed E-state index contributed by atoms with van der Waals surface area (Å²) in [5, 5.41) is 7.05. The molecule has 0 aliphatic carbocycles. The van der Waals surface area contributed by atoms with Crippen LogP contribution in [0.3, 0.4) is 0 Å². The van der Waals surface area contributed by atoms with Gasteiger partial charge in [-0.1, -0.05) is 0 Å². The summed E-state index contributed by atoms with van der Waals surface area (Å²) in [6.07, 6.45) is 5.16. The predicted molar refractivity (Wildman–Crippen MR) is 106 cm³/mol. The lowest BCUT2D eigenvalue weighted by Gasteiger charge is -2.28. The largest absolute Gasteiger partial charge is 0.465 e. The summed E-state index contributed by atoms with van der Waals surface area (Å²) in [6.45, 7) is 8.43. The summed E-state index contributed by atoms with van der Waals surface area (Å²) in [5.41, 5.74) is 0. The van der Waals surface area contributed by atoms with Crippen LogP contribution in [0.15, 0.2) is 21.5 Å². The van der Waals surface area contributed by atoms with E-state index in [0.29, 0.717) is 4.75 Å². The fraction of sp³-hybridized carbons (Fsp3) is 0.737. The van der Waals surface area contributed by atoms with Crippen molar-refractivity contribution in [3.8, 4) is 0 Å². The molecule has 2 atom stereocenters. The van der Waals surface area contributed by atoms with E-state index in [1.165, 1.54) is 31.4 Å². The number of hydrogen-bond acceptors (Lipinski definition) is 4. The van der Waals surface area contributed by atoms with E-state index in [9.17, 15) is 0 Å². The molecule has 0 spiro atoms. The molecule has 3 rings (SSSR count). The summed E-state index contributed by atoms with van der Waals surface area (Å²) >= 11 is 2.07. The molecule has 2 fully saturated rings. The van der Waals surface area contributed by atoms with Crippen molar-refractivity contribution in [2.45, 2.75) is 50.3 Å². The molecule has 6 heteroatoms. The van der Waals surface area contributed by atoms with E-state index in [4.69, 9.17) is 4.42 Å². The van der Waals surface area contributed by atoms with Gasteiger partial charge in [-0.15, -0.1) is 0 Å². The van der Waals surface area contributed by atoms with Gasteiger partial charge in [-0.2, -0.15) is 11.8 Å². The number of guanidine groups is 1. The predicted octanol–water partition coefficient (Wildman–Crippen LogP) is 3.18. The van der Waals surface area contributed by atoms with Gasteiger partial charge in [0.1, 0.15) is 11.5 Å². The Kier molecular flexibility index (Phi) is 6.34. The van der Waals surface area contributed by atoms with E-state index in [2.05, 4.69) is 51.3 Å². The zero-order valence-electron chi connectivity index (χ0n) is 15.8. The molecule has 1 aromatic rings. The van der Waals surface area contributed by atoms with Crippen LogP contribution in [0.25, 0.3) is 0 Å². The fourth-order valence-corrected chi connectivity index (χ4v) is 5.00. The first-order valence-corrected chi connectivity index (χ1v) is 10.5. The van der Waals surface area contributed by atoms with Crippen LogP contribution in [0.2, 0.25) is 0 Å². The Morgan fingerprint density at radius 3 is 2.72 bits per heavy atom. The van der Waals surface area contributed by atoms with E-state index in [0.717, 1.165) is 43.7 Å². The van der Waals surface area contributed by atoms with Crippen molar-refractivity contribution < 1.29 is 4.42 Å². The maximum atomic E-state index is 5.94. The lowest BCUT2D eigenvalue weighted by molar-refractivity contribution is 0.213. The molecular weight excluding hydrogens is 332 g/mol. The van der Waals surface area contributed by atoms with Gasteiger partial charge in [-0.3, -0.25) is 9.89 Å². The average molecular weight is 365 g/mol. The van der Waals surface area contributed by atoms with Gasteiger partial charge < -0.3 is 15.1 Å². The molecule has 2 unspecified atom stereocenters. The van der Waals surface area contributed by atoms with Crippen molar-refractivity contribution in [2.75, 3.05) is 39.0 Å². The molecule has 25 heavy (non-hydrogen) atoms. The quantitative estimate of drug-likeness (QED) is 0.600. The third-order valence-electron chi connectivity index (χ3n) is 5.29. The fourth-order valence-electron chi connectivity index (χ4n) is 3.76. The van der Waals surface area contributed by atoms with Gasteiger partial charge >= 0.3 is 0 Å². The normalized spacial score (nSPS) is 26.1. The monoisotopic (exact) mass is 364 g/mol. The van der Waals surface area contributed by atoms with E-state index in [1.54, 1.807) is 0 Å². The van der Waals surface area contributed by atoms with Gasteiger partial charge in [0.15, 0.2) is 5.96 Å². The van der Waals surface area contributed by atoms with Crippen molar-refractivity contribution in [1.29, 1.82) is 0 Å². The molecule has 0 radical (unpaired) electrons. The van der Waals surface area contributed by atoms with E-state index in [1.807, 2.05) is 14.0 Å². The number of furan rings is 1. The molecule has 0 saturated carbocycles. The minimum atomic E-state index is 0.270. The Hall–Kier alpha value is -1.14. The summed E-state index contributed by atoms with van der Waals surface area (Å²) in [6, 6.07) is 4.45. The van der Waals surface area contributed by atoms with E-state index in [-0.39, 0.29) is 6.04 Å². The Morgan fingerprint density at radius 2 is 2.12 bits per heavy atom. The smallest absolute Gasteiger partial charge is 0.191 e. The molecule has 2 N–H and O–H groups in total. The Balaban J connectivity index is 1.57. The van der Waals surface area contributed by atoms with Crippen molar-refractivity contribution >= 4 is 17.7 Å². The maximum Gasteiger partial charge on any atom is 0.191 e. The summed E-state index contributed by atoms with van der Waals surface area (Å²) < 4.78 is 6.27. The molecular formula is C19H32N4OS. The molecule has 140 valence electrons. The second kappa shape index (κ2) is 8.49. The maximum absolute atomic E-state index is 5.94. The summed E-state index contributed by atoms with van der Waals surface area (Å²) in [5.74, 6) is 4.20. The summed E-state index contributed by atoms with van der Waals surface area (Å²) in [7, 11) is 1.85. The molecule has 3 heterocycles. The van der Waals surface area contributed by atoms with E-state index >= 15 is 0 Å². The number of nitrogens with one attached hydrogen (secondary N) is 2. The number of hydrogen-bond donors (Lipinski definition) is 2. The highest BCUT2D eigenvalue weighted by Gasteiger charge is 2.30. The van der Waals surface area contributed by atoms with Crippen LogP contribution in [0.1, 0.15) is 50.2 Å². The zero-order chi connectivity index (χ0) is 17.7.